The zero-order valence-electron chi connectivity index (χ0n) is 20.1. The number of allylic oxidation sites excluding steroid dienone is 3. The second-order valence-electron chi connectivity index (χ2n) is 8.85. The van der Waals surface area contributed by atoms with Gasteiger partial charge in [-0.3, -0.25) is 9.59 Å². The summed E-state index contributed by atoms with van der Waals surface area (Å²) in [6.45, 7) is 2.57. The van der Waals surface area contributed by atoms with Crippen molar-refractivity contribution < 1.29 is 24.2 Å². The summed E-state index contributed by atoms with van der Waals surface area (Å²) in [5.41, 5.74) is 1.78. The van der Waals surface area contributed by atoms with Crippen LogP contribution in [0.15, 0.2) is 72.8 Å². The molecule has 0 heterocycles. The maximum atomic E-state index is 12.8. The van der Waals surface area contributed by atoms with Crippen LogP contribution in [0.4, 0.5) is 0 Å². The van der Waals surface area contributed by atoms with E-state index >= 15 is 0 Å². The molecule has 6 nitrogen and oxygen atoms in total. The SMILES string of the molecule is CCCCC(Cc1ccc(OCCNC(=O)C2(C=O)C=CC(c3ccccc3)=CC2)cc1)C(=O)O. The van der Waals surface area contributed by atoms with Gasteiger partial charge in [0, 0.05) is 0 Å². The van der Waals surface area contributed by atoms with Crippen LogP contribution in [0.2, 0.25) is 0 Å². The fourth-order valence-corrected chi connectivity index (χ4v) is 4.08. The summed E-state index contributed by atoms with van der Waals surface area (Å²) in [4.78, 5) is 36.0. The normalized spacial score (nSPS) is 17.8. The van der Waals surface area contributed by atoms with E-state index in [1.165, 1.54) is 0 Å². The van der Waals surface area contributed by atoms with E-state index in [4.69, 9.17) is 4.74 Å². The van der Waals surface area contributed by atoms with Crippen molar-refractivity contribution in [3.8, 4) is 5.75 Å². The number of nitrogens with one attached hydrogen (secondary N) is 1. The van der Waals surface area contributed by atoms with Crippen molar-refractivity contribution in [1.29, 1.82) is 0 Å². The number of hydrogen-bond donors (Lipinski definition) is 2. The first-order chi connectivity index (χ1) is 17.0. The maximum Gasteiger partial charge on any atom is 0.306 e. The highest BCUT2D eigenvalue weighted by Crippen LogP contribution is 2.32. The monoisotopic (exact) mass is 475 g/mol. The minimum atomic E-state index is -1.21. The van der Waals surface area contributed by atoms with Gasteiger partial charge in [0.15, 0.2) is 0 Å². The van der Waals surface area contributed by atoms with Crippen LogP contribution in [-0.4, -0.2) is 36.4 Å². The third-order valence-electron chi connectivity index (χ3n) is 6.28. The lowest BCUT2D eigenvalue weighted by Gasteiger charge is -2.25. The van der Waals surface area contributed by atoms with Gasteiger partial charge in [-0.1, -0.05) is 80.5 Å². The standard InChI is InChI=1S/C29H33NO5/c1-2-3-7-25(27(32)33)20-22-10-12-26(13-11-22)35-19-18-30-28(34)29(21-31)16-14-24(15-17-29)23-8-5-4-6-9-23/h4-6,8-16,21,25H,2-3,7,17-20H2,1H3,(H,30,34)(H,32,33). The van der Waals surface area contributed by atoms with Crippen LogP contribution < -0.4 is 10.1 Å². The number of hydrogen-bond acceptors (Lipinski definition) is 4. The highest BCUT2D eigenvalue weighted by atomic mass is 16.5. The first kappa shape index (κ1) is 25.9. The topological polar surface area (TPSA) is 92.7 Å². The van der Waals surface area contributed by atoms with Crippen LogP contribution in [-0.2, 0) is 20.8 Å². The summed E-state index contributed by atoms with van der Waals surface area (Å²) >= 11 is 0. The summed E-state index contributed by atoms with van der Waals surface area (Å²) in [7, 11) is 0. The molecule has 184 valence electrons. The molecular formula is C29H33NO5. The van der Waals surface area contributed by atoms with Gasteiger partial charge in [0.25, 0.3) is 0 Å². The molecule has 2 unspecified atom stereocenters. The smallest absolute Gasteiger partial charge is 0.306 e. The van der Waals surface area contributed by atoms with Crippen LogP contribution in [0.1, 0.15) is 43.7 Å². The molecule has 0 aliphatic heterocycles. The van der Waals surface area contributed by atoms with Crippen LogP contribution in [0.5, 0.6) is 5.75 Å². The molecule has 2 aromatic rings. The van der Waals surface area contributed by atoms with Gasteiger partial charge in [-0.05, 0) is 48.1 Å². The number of aliphatic carboxylic acids is 1. The molecule has 2 atom stereocenters. The molecule has 0 bridgehead atoms. The quantitative estimate of drug-likeness (QED) is 0.246. The average Bonchev–Trinajstić information content (AvgIpc) is 2.90. The minimum Gasteiger partial charge on any atom is -0.492 e. The fourth-order valence-electron chi connectivity index (χ4n) is 4.08. The fraction of sp³-hybridized carbons (Fsp3) is 0.345. The zero-order valence-corrected chi connectivity index (χ0v) is 20.1. The molecule has 0 fully saturated rings. The van der Waals surface area contributed by atoms with Crippen molar-refractivity contribution in [2.45, 2.75) is 39.0 Å². The number of ether oxygens (including phenoxy) is 1. The lowest BCUT2D eigenvalue weighted by Crippen LogP contribution is -2.42. The molecule has 0 aromatic heterocycles. The molecule has 6 heteroatoms. The largest absolute Gasteiger partial charge is 0.492 e. The Labute approximate surface area is 206 Å². The van der Waals surface area contributed by atoms with Crippen LogP contribution in [0.3, 0.4) is 0 Å². The summed E-state index contributed by atoms with van der Waals surface area (Å²) in [6.07, 6.45) is 9.45. The third kappa shape index (κ3) is 7.15. The Morgan fingerprint density at radius 3 is 2.49 bits per heavy atom. The summed E-state index contributed by atoms with van der Waals surface area (Å²) < 4.78 is 5.71. The van der Waals surface area contributed by atoms with Crippen LogP contribution in [0, 0.1) is 11.3 Å². The molecule has 1 aliphatic rings. The number of amides is 1. The van der Waals surface area contributed by atoms with Gasteiger partial charge >= 0.3 is 5.97 Å². The molecule has 1 aliphatic carbocycles. The van der Waals surface area contributed by atoms with Crippen molar-refractivity contribution in [2.24, 2.45) is 11.3 Å². The van der Waals surface area contributed by atoms with E-state index in [1.807, 2.05) is 66.7 Å². The maximum absolute atomic E-state index is 12.8. The molecule has 2 N–H and O–H groups in total. The van der Waals surface area contributed by atoms with E-state index in [0.29, 0.717) is 31.3 Å². The number of carbonyl (C=O) groups is 3. The molecule has 2 aromatic carbocycles. The van der Waals surface area contributed by atoms with E-state index < -0.39 is 11.4 Å². The molecule has 0 radical (unpaired) electrons. The number of benzene rings is 2. The lowest BCUT2D eigenvalue weighted by molar-refractivity contribution is -0.142. The summed E-state index contributed by atoms with van der Waals surface area (Å²) in [6, 6.07) is 17.2. The summed E-state index contributed by atoms with van der Waals surface area (Å²) in [5.74, 6) is -0.851. The number of carboxylic acid groups (broad SMARTS) is 1. The Morgan fingerprint density at radius 2 is 1.89 bits per heavy atom. The van der Waals surface area contributed by atoms with Gasteiger partial charge in [-0.15, -0.1) is 0 Å². The second kappa shape index (κ2) is 12.7. The third-order valence-corrected chi connectivity index (χ3v) is 6.28. The minimum absolute atomic E-state index is 0.253. The molecule has 0 saturated carbocycles. The van der Waals surface area contributed by atoms with Crippen molar-refractivity contribution in [2.75, 3.05) is 13.2 Å². The van der Waals surface area contributed by atoms with Crippen molar-refractivity contribution in [3.63, 3.8) is 0 Å². The van der Waals surface area contributed by atoms with E-state index in [1.54, 1.807) is 6.08 Å². The van der Waals surface area contributed by atoms with E-state index in [0.717, 1.165) is 29.5 Å². The number of unbranched alkanes of at least 4 members (excludes halogenated alkanes) is 1. The van der Waals surface area contributed by atoms with E-state index in [9.17, 15) is 19.5 Å². The molecule has 0 saturated heterocycles. The lowest BCUT2D eigenvalue weighted by atomic mass is 9.79. The van der Waals surface area contributed by atoms with Crippen molar-refractivity contribution in [3.05, 3.63) is 84.0 Å². The Hall–Kier alpha value is -3.67. The number of aldehydes is 1. The number of carbonyl (C=O) groups excluding carboxylic acids is 2. The molecular weight excluding hydrogens is 442 g/mol. The Morgan fingerprint density at radius 1 is 1.14 bits per heavy atom. The van der Waals surface area contributed by atoms with E-state index in [2.05, 4.69) is 12.2 Å². The van der Waals surface area contributed by atoms with Gasteiger partial charge < -0.3 is 20.0 Å². The Kier molecular flexibility index (Phi) is 9.41. The van der Waals surface area contributed by atoms with Gasteiger partial charge in [0.2, 0.25) is 5.91 Å². The van der Waals surface area contributed by atoms with E-state index in [-0.39, 0.29) is 25.0 Å². The van der Waals surface area contributed by atoms with Crippen LogP contribution in [0.25, 0.3) is 5.57 Å². The zero-order chi connectivity index (χ0) is 25.1. The van der Waals surface area contributed by atoms with Gasteiger partial charge in [0.05, 0.1) is 12.5 Å². The molecule has 3 rings (SSSR count). The molecule has 1 amide bonds. The van der Waals surface area contributed by atoms with Crippen molar-refractivity contribution in [1.82, 2.24) is 5.32 Å². The van der Waals surface area contributed by atoms with Gasteiger partial charge in [-0.25, -0.2) is 0 Å². The first-order valence-corrected chi connectivity index (χ1v) is 12.1. The van der Waals surface area contributed by atoms with Crippen LogP contribution >= 0.6 is 0 Å². The average molecular weight is 476 g/mol. The molecule has 35 heavy (non-hydrogen) atoms. The Bertz CT molecular complexity index is 1060. The number of carboxylic acids is 1. The van der Waals surface area contributed by atoms with Crippen molar-refractivity contribution >= 4 is 23.7 Å². The summed E-state index contributed by atoms with van der Waals surface area (Å²) in [5, 5.41) is 12.2. The Balaban J connectivity index is 1.46. The molecule has 0 spiro atoms. The number of rotatable bonds is 13. The predicted molar refractivity (Wildman–Crippen MR) is 136 cm³/mol. The highest BCUT2D eigenvalue weighted by molar-refractivity contribution is 6.00. The predicted octanol–water partition coefficient (Wildman–Crippen LogP) is 4.84. The van der Waals surface area contributed by atoms with Gasteiger partial charge in [0.1, 0.15) is 24.1 Å². The first-order valence-electron chi connectivity index (χ1n) is 12.1. The van der Waals surface area contributed by atoms with Gasteiger partial charge in [-0.2, -0.15) is 0 Å². The highest BCUT2D eigenvalue weighted by Gasteiger charge is 2.36. The second-order valence-corrected chi connectivity index (χ2v) is 8.85.